The Bertz CT molecular complexity index is 589. The summed E-state index contributed by atoms with van der Waals surface area (Å²) in [5.41, 5.74) is 2.71. The molecule has 112 valence electrons. The van der Waals surface area contributed by atoms with E-state index in [9.17, 15) is 4.79 Å². The van der Waals surface area contributed by atoms with E-state index in [1.807, 2.05) is 57.4 Å². The van der Waals surface area contributed by atoms with Crippen molar-refractivity contribution in [3.8, 4) is 5.69 Å². The first kappa shape index (κ1) is 15.3. The van der Waals surface area contributed by atoms with Gasteiger partial charge in [0.2, 0.25) is 0 Å². The lowest BCUT2D eigenvalue weighted by molar-refractivity contribution is 0.0950. The van der Waals surface area contributed by atoms with Crippen LogP contribution in [0.25, 0.3) is 5.69 Å². The van der Waals surface area contributed by atoms with Gasteiger partial charge in [-0.05, 0) is 50.2 Å². The smallest absolute Gasteiger partial charge is 0.251 e. The van der Waals surface area contributed by atoms with E-state index in [0.717, 1.165) is 17.8 Å². The first-order valence-electron chi connectivity index (χ1n) is 7.23. The Hall–Kier alpha value is -2.14. The molecule has 2 N–H and O–H groups in total. The van der Waals surface area contributed by atoms with Crippen molar-refractivity contribution in [2.45, 2.75) is 26.8 Å². The van der Waals surface area contributed by atoms with Gasteiger partial charge in [-0.2, -0.15) is 5.10 Å². The molecule has 2 aromatic rings. The Labute approximate surface area is 125 Å². The Morgan fingerprint density at radius 1 is 1.33 bits per heavy atom. The lowest BCUT2D eigenvalue weighted by atomic mass is 10.2. The van der Waals surface area contributed by atoms with Gasteiger partial charge < -0.3 is 10.6 Å². The van der Waals surface area contributed by atoms with E-state index in [2.05, 4.69) is 15.7 Å². The minimum atomic E-state index is -0.0528. The molecule has 21 heavy (non-hydrogen) atoms. The van der Waals surface area contributed by atoms with E-state index in [4.69, 9.17) is 0 Å². The van der Waals surface area contributed by atoms with E-state index < -0.39 is 0 Å². The van der Waals surface area contributed by atoms with Crippen LogP contribution in [0.5, 0.6) is 0 Å². The summed E-state index contributed by atoms with van der Waals surface area (Å²) in [5, 5.41) is 10.4. The standard InChI is InChI=1S/C16H22N4O/c1-4-17-13(3)10-18-16(21)14-5-7-15(8-6-14)20-11-12(2)9-19-20/h5-9,11,13,17H,4,10H2,1-3H3,(H,18,21)/t13-/m1/s1. The fourth-order valence-electron chi connectivity index (χ4n) is 2.09. The molecular weight excluding hydrogens is 264 g/mol. The number of nitrogens with one attached hydrogen (secondary N) is 2. The van der Waals surface area contributed by atoms with Crippen molar-refractivity contribution in [3.05, 3.63) is 47.8 Å². The van der Waals surface area contributed by atoms with Crippen molar-refractivity contribution in [2.75, 3.05) is 13.1 Å². The summed E-state index contributed by atoms with van der Waals surface area (Å²) in [5.74, 6) is -0.0528. The van der Waals surface area contributed by atoms with Crippen molar-refractivity contribution in [1.82, 2.24) is 20.4 Å². The van der Waals surface area contributed by atoms with E-state index in [1.165, 1.54) is 0 Å². The molecule has 2 rings (SSSR count). The summed E-state index contributed by atoms with van der Waals surface area (Å²) < 4.78 is 1.80. The molecule has 1 heterocycles. The molecule has 0 radical (unpaired) electrons. The topological polar surface area (TPSA) is 58.9 Å². The number of hydrogen-bond donors (Lipinski definition) is 2. The number of amides is 1. The van der Waals surface area contributed by atoms with Crippen LogP contribution in [0.15, 0.2) is 36.7 Å². The van der Waals surface area contributed by atoms with Gasteiger partial charge >= 0.3 is 0 Å². The fraction of sp³-hybridized carbons (Fsp3) is 0.375. The predicted octanol–water partition coefficient (Wildman–Crippen LogP) is 1.91. The maximum atomic E-state index is 12.0. The molecule has 0 fully saturated rings. The summed E-state index contributed by atoms with van der Waals surface area (Å²) in [4.78, 5) is 12.0. The molecule has 1 aromatic carbocycles. The average Bonchev–Trinajstić information content (AvgIpc) is 2.92. The van der Waals surface area contributed by atoms with Crippen LogP contribution in [0.4, 0.5) is 0 Å². The molecule has 0 spiro atoms. The molecule has 1 amide bonds. The van der Waals surface area contributed by atoms with Gasteiger partial charge in [-0.3, -0.25) is 4.79 Å². The second kappa shape index (κ2) is 7.04. The number of carbonyl (C=O) groups is 1. The van der Waals surface area contributed by atoms with E-state index in [-0.39, 0.29) is 11.9 Å². The van der Waals surface area contributed by atoms with Crippen molar-refractivity contribution in [3.63, 3.8) is 0 Å². The summed E-state index contributed by atoms with van der Waals surface area (Å²) in [7, 11) is 0. The number of aryl methyl sites for hydroxylation is 1. The second-order valence-electron chi connectivity index (χ2n) is 5.18. The molecule has 0 aliphatic rings. The molecule has 1 aromatic heterocycles. The minimum absolute atomic E-state index is 0.0528. The first-order chi connectivity index (χ1) is 10.1. The largest absolute Gasteiger partial charge is 0.350 e. The highest BCUT2D eigenvalue weighted by Gasteiger charge is 2.07. The quantitative estimate of drug-likeness (QED) is 0.853. The Kier molecular flexibility index (Phi) is 5.11. The first-order valence-corrected chi connectivity index (χ1v) is 7.23. The summed E-state index contributed by atoms with van der Waals surface area (Å²) in [6.07, 6.45) is 3.76. The molecule has 0 aliphatic carbocycles. The SMILES string of the molecule is CCN[C@H](C)CNC(=O)c1ccc(-n2cc(C)cn2)cc1. The zero-order valence-corrected chi connectivity index (χ0v) is 12.8. The van der Waals surface area contributed by atoms with Crippen LogP contribution in [0.1, 0.15) is 29.8 Å². The Morgan fingerprint density at radius 3 is 2.62 bits per heavy atom. The van der Waals surface area contributed by atoms with Crippen LogP contribution in [0, 0.1) is 6.92 Å². The van der Waals surface area contributed by atoms with Crippen molar-refractivity contribution in [2.24, 2.45) is 0 Å². The predicted molar refractivity (Wildman–Crippen MR) is 83.8 cm³/mol. The highest BCUT2D eigenvalue weighted by atomic mass is 16.1. The average molecular weight is 286 g/mol. The highest BCUT2D eigenvalue weighted by molar-refractivity contribution is 5.94. The monoisotopic (exact) mass is 286 g/mol. The van der Waals surface area contributed by atoms with Crippen LogP contribution < -0.4 is 10.6 Å². The Balaban J connectivity index is 1.97. The molecule has 5 nitrogen and oxygen atoms in total. The van der Waals surface area contributed by atoms with Gasteiger partial charge in [0.1, 0.15) is 0 Å². The second-order valence-corrected chi connectivity index (χ2v) is 5.18. The molecule has 0 saturated carbocycles. The molecule has 0 aliphatic heterocycles. The summed E-state index contributed by atoms with van der Waals surface area (Å²) in [6.45, 7) is 7.61. The fourth-order valence-corrected chi connectivity index (χ4v) is 2.09. The molecule has 0 bridgehead atoms. The number of nitrogens with zero attached hydrogens (tertiary/aromatic N) is 2. The molecule has 1 atom stereocenters. The van der Waals surface area contributed by atoms with Gasteiger partial charge in [-0.1, -0.05) is 6.92 Å². The van der Waals surface area contributed by atoms with E-state index in [1.54, 1.807) is 4.68 Å². The van der Waals surface area contributed by atoms with Gasteiger partial charge in [0.15, 0.2) is 0 Å². The van der Waals surface area contributed by atoms with Gasteiger partial charge in [-0.15, -0.1) is 0 Å². The van der Waals surface area contributed by atoms with E-state index in [0.29, 0.717) is 12.1 Å². The number of hydrogen-bond acceptors (Lipinski definition) is 3. The number of likely N-dealkylation sites (N-methyl/N-ethyl adjacent to an activating group) is 1. The summed E-state index contributed by atoms with van der Waals surface area (Å²) >= 11 is 0. The zero-order valence-electron chi connectivity index (χ0n) is 12.8. The van der Waals surface area contributed by atoms with Gasteiger partial charge in [0, 0.05) is 24.3 Å². The van der Waals surface area contributed by atoms with Gasteiger partial charge in [0.25, 0.3) is 5.91 Å². The van der Waals surface area contributed by atoms with Crippen molar-refractivity contribution in [1.29, 1.82) is 0 Å². The van der Waals surface area contributed by atoms with Crippen LogP contribution in [-0.2, 0) is 0 Å². The summed E-state index contributed by atoms with van der Waals surface area (Å²) in [6, 6.07) is 7.70. The lowest BCUT2D eigenvalue weighted by Gasteiger charge is -2.13. The molecular formula is C16H22N4O. The number of rotatable bonds is 6. The number of aromatic nitrogens is 2. The molecule has 5 heteroatoms. The molecule has 0 unspecified atom stereocenters. The highest BCUT2D eigenvalue weighted by Crippen LogP contribution is 2.10. The van der Waals surface area contributed by atoms with Crippen LogP contribution in [-0.4, -0.2) is 34.8 Å². The maximum absolute atomic E-state index is 12.0. The minimum Gasteiger partial charge on any atom is -0.350 e. The van der Waals surface area contributed by atoms with Gasteiger partial charge in [-0.25, -0.2) is 4.68 Å². The van der Waals surface area contributed by atoms with Crippen LogP contribution >= 0.6 is 0 Å². The third kappa shape index (κ3) is 4.16. The van der Waals surface area contributed by atoms with Crippen molar-refractivity contribution < 1.29 is 4.79 Å². The third-order valence-corrected chi connectivity index (χ3v) is 3.23. The zero-order chi connectivity index (χ0) is 15.2. The lowest BCUT2D eigenvalue weighted by Crippen LogP contribution is -2.38. The van der Waals surface area contributed by atoms with E-state index >= 15 is 0 Å². The normalized spacial score (nSPS) is 12.1. The third-order valence-electron chi connectivity index (χ3n) is 3.23. The number of carbonyl (C=O) groups excluding carboxylic acids is 1. The Morgan fingerprint density at radius 2 is 2.05 bits per heavy atom. The van der Waals surface area contributed by atoms with Crippen molar-refractivity contribution >= 4 is 5.91 Å². The number of benzene rings is 1. The molecule has 0 saturated heterocycles. The van der Waals surface area contributed by atoms with Crippen LogP contribution in [0.2, 0.25) is 0 Å². The van der Waals surface area contributed by atoms with Gasteiger partial charge in [0.05, 0.1) is 11.9 Å². The van der Waals surface area contributed by atoms with Crippen LogP contribution in [0.3, 0.4) is 0 Å². The maximum Gasteiger partial charge on any atom is 0.251 e.